The summed E-state index contributed by atoms with van der Waals surface area (Å²) in [5, 5.41) is 8.92. The smallest absolute Gasteiger partial charge is 0.230 e. The Labute approximate surface area is 124 Å². The van der Waals surface area contributed by atoms with Crippen LogP contribution in [0.15, 0.2) is 48.5 Å². The van der Waals surface area contributed by atoms with Gasteiger partial charge in [-0.2, -0.15) is 5.26 Å². The number of fused-ring (bicyclic) bond motifs is 1. The zero-order chi connectivity index (χ0) is 14.8. The largest absolute Gasteiger partial charge is 0.341 e. The molecule has 0 fully saturated rings. The van der Waals surface area contributed by atoms with Crippen molar-refractivity contribution >= 4 is 5.91 Å². The highest BCUT2D eigenvalue weighted by Crippen LogP contribution is 2.36. The highest BCUT2D eigenvalue weighted by Gasteiger charge is 2.33. The Balaban J connectivity index is 1.70. The third kappa shape index (κ3) is 2.53. The van der Waals surface area contributed by atoms with Crippen molar-refractivity contribution in [3.8, 4) is 6.07 Å². The minimum atomic E-state index is -0.00894. The summed E-state index contributed by atoms with van der Waals surface area (Å²) in [7, 11) is 1.82. The predicted molar refractivity (Wildman–Crippen MR) is 80.5 cm³/mol. The summed E-state index contributed by atoms with van der Waals surface area (Å²) in [6.45, 7) is 0.535. The Kier molecular flexibility index (Phi) is 3.45. The number of likely N-dealkylation sites (N-methyl/N-ethyl adjacent to an activating group) is 1. The second kappa shape index (κ2) is 5.41. The Hall–Kier alpha value is -2.60. The predicted octanol–water partition coefficient (Wildman–Crippen LogP) is 2.86. The van der Waals surface area contributed by atoms with E-state index in [4.69, 9.17) is 5.26 Å². The fraction of sp³-hybridized carbons (Fsp3) is 0.222. The maximum atomic E-state index is 12.5. The molecule has 0 bridgehead atoms. The van der Waals surface area contributed by atoms with Crippen molar-refractivity contribution in [2.45, 2.75) is 18.9 Å². The van der Waals surface area contributed by atoms with E-state index >= 15 is 0 Å². The number of rotatable bonds is 3. The fourth-order valence-electron chi connectivity index (χ4n) is 2.84. The van der Waals surface area contributed by atoms with Gasteiger partial charge in [-0.3, -0.25) is 4.79 Å². The van der Waals surface area contributed by atoms with E-state index < -0.39 is 0 Å². The van der Waals surface area contributed by atoms with Crippen LogP contribution in [0.2, 0.25) is 0 Å². The number of nitriles is 1. The first-order chi connectivity index (χ1) is 10.2. The molecule has 1 amide bonds. The molecule has 0 radical (unpaired) electrons. The molecule has 2 aromatic rings. The molecule has 0 saturated carbocycles. The normalized spacial score (nSPS) is 15.5. The van der Waals surface area contributed by atoms with E-state index in [2.05, 4.69) is 12.1 Å². The number of amides is 1. The standard InChI is InChI=1S/C18H16N2O/c1-20(12-14-6-4-5-13(9-14)11-19)18(21)17-10-15-7-2-3-8-16(15)17/h2-9,17H,10,12H2,1H3. The summed E-state index contributed by atoms with van der Waals surface area (Å²) in [6.07, 6.45) is 0.831. The van der Waals surface area contributed by atoms with Gasteiger partial charge in [-0.1, -0.05) is 36.4 Å². The van der Waals surface area contributed by atoms with Gasteiger partial charge in [-0.15, -0.1) is 0 Å². The van der Waals surface area contributed by atoms with Crippen molar-refractivity contribution in [2.75, 3.05) is 7.05 Å². The molecular weight excluding hydrogens is 260 g/mol. The molecule has 0 aliphatic heterocycles. The molecule has 3 rings (SSSR count). The third-order valence-corrected chi connectivity index (χ3v) is 4.00. The summed E-state index contributed by atoms with van der Waals surface area (Å²) in [6, 6.07) is 17.6. The number of carbonyl (C=O) groups is 1. The lowest BCUT2D eigenvalue weighted by atomic mass is 9.77. The average molecular weight is 276 g/mol. The lowest BCUT2D eigenvalue weighted by molar-refractivity contribution is -0.132. The number of hydrogen-bond acceptors (Lipinski definition) is 2. The van der Waals surface area contributed by atoms with Gasteiger partial charge in [0.25, 0.3) is 0 Å². The molecule has 3 heteroatoms. The van der Waals surface area contributed by atoms with Crippen LogP contribution in [0, 0.1) is 11.3 Å². The van der Waals surface area contributed by atoms with Crippen LogP contribution in [0.1, 0.15) is 28.2 Å². The Morgan fingerprint density at radius 2 is 2.10 bits per heavy atom. The molecular formula is C18H16N2O. The fourth-order valence-corrected chi connectivity index (χ4v) is 2.84. The molecule has 0 aromatic heterocycles. The van der Waals surface area contributed by atoms with Crippen molar-refractivity contribution in [3.63, 3.8) is 0 Å². The first-order valence-corrected chi connectivity index (χ1v) is 7.01. The first kappa shape index (κ1) is 13.4. The molecule has 1 aliphatic rings. The minimum absolute atomic E-state index is 0.00894. The van der Waals surface area contributed by atoms with Gasteiger partial charge in [0.05, 0.1) is 17.6 Å². The van der Waals surface area contributed by atoms with Crippen molar-refractivity contribution < 1.29 is 4.79 Å². The van der Waals surface area contributed by atoms with E-state index in [1.165, 1.54) is 5.56 Å². The molecule has 1 atom stereocenters. The van der Waals surface area contributed by atoms with Crippen molar-refractivity contribution in [1.82, 2.24) is 4.90 Å². The Morgan fingerprint density at radius 3 is 2.86 bits per heavy atom. The van der Waals surface area contributed by atoms with Gasteiger partial charge in [0.15, 0.2) is 0 Å². The van der Waals surface area contributed by atoms with Gasteiger partial charge in [0.2, 0.25) is 5.91 Å². The zero-order valence-electron chi connectivity index (χ0n) is 11.9. The van der Waals surface area contributed by atoms with Crippen LogP contribution in [0.3, 0.4) is 0 Å². The molecule has 2 aromatic carbocycles. The lowest BCUT2D eigenvalue weighted by Gasteiger charge is -2.32. The molecule has 1 unspecified atom stereocenters. The highest BCUT2D eigenvalue weighted by molar-refractivity contribution is 5.86. The van der Waals surface area contributed by atoms with Crippen LogP contribution in [0.25, 0.3) is 0 Å². The van der Waals surface area contributed by atoms with E-state index in [9.17, 15) is 4.79 Å². The van der Waals surface area contributed by atoms with Crippen molar-refractivity contribution in [1.29, 1.82) is 5.26 Å². The van der Waals surface area contributed by atoms with E-state index in [1.54, 1.807) is 11.0 Å². The number of carbonyl (C=O) groups excluding carboxylic acids is 1. The van der Waals surface area contributed by atoms with Crippen LogP contribution in [-0.4, -0.2) is 17.9 Å². The number of hydrogen-bond donors (Lipinski definition) is 0. The van der Waals surface area contributed by atoms with E-state index in [1.807, 2.05) is 43.4 Å². The zero-order valence-corrected chi connectivity index (χ0v) is 11.9. The maximum Gasteiger partial charge on any atom is 0.230 e. The van der Waals surface area contributed by atoms with Gasteiger partial charge in [-0.25, -0.2) is 0 Å². The SMILES string of the molecule is CN(Cc1cccc(C#N)c1)C(=O)C1Cc2ccccc21. The molecule has 21 heavy (non-hydrogen) atoms. The van der Waals surface area contributed by atoms with Crippen LogP contribution in [0.5, 0.6) is 0 Å². The van der Waals surface area contributed by atoms with Gasteiger partial charge in [-0.05, 0) is 35.2 Å². The van der Waals surface area contributed by atoms with E-state index in [0.717, 1.165) is 17.5 Å². The lowest BCUT2D eigenvalue weighted by Crippen LogP contribution is -2.36. The second-order valence-electron chi connectivity index (χ2n) is 5.46. The third-order valence-electron chi connectivity index (χ3n) is 4.00. The van der Waals surface area contributed by atoms with E-state index in [0.29, 0.717) is 12.1 Å². The molecule has 3 nitrogen and oxygen atoms in total. The summed E-state index contributed by atoms with van der Waals surface area (Å²) < 4.78 is 0. The van der Waals surface area contributed by atoms with Crippen LogP contribution in [0.4, 0.5) is 0 Å². The van der Waals surface area contributed by atoms with Gasteiger partial charge >= 0.3 is 0 Å². The molecule has 1 aliphatic carbocycles. The summed E-state index contributed by atoms with van der Waals surface area (Å²) in [5.74, 6) is 0.140. The molecule has 0 heterocycles. The van der Waals surface area contributed by atoms with Gasteiger partial charge < -0.3 is 4.90 Å². The molecule has 0 spiro atoms. The number of benzene rings is 2. The van der Waals surface area contributed by atoms with Crippen molar-refractivity contribution in [3.05, 3.63) is 70.8 Å². The summed E-state index contributed by atoms with van der Waals surface area (Å²) in [5.41, 5.74) is 4.04. The second-order valence-corrected chi connectivity index (χ2v) is 5.46. The average Bonchev–Trinajstić information content (AvgIpc) is 2.48. The summed E-state index contributed by atoms with van der Waals surface area (Å²) >= 11 is 0. The Morgan fingerprint density at radius 1 is 1.29 bits per heavy atom. The van der Waals surface area contributed by atoms with Crippen LogP contribution < -0.4 is 0 Å². The first-order valence-electron chi connectivity index (χ1n) is 7.01. The van der Waals surface area contributed by atoms with Crippen LogP contribution in [-0.2, 0) is 17.8 Å². The monoisotopic (exact) mass is 276 g/mol. The Bertz CT molecular complexity index is 730. The van der Waals surface area contributed by atoms with Gasteiger partial charge in [0.1, 0.15) is 0 Å². The highest BCUT2D eigenvalue weighted by atomic mass is 16.2. The van der Waals surface area contributed by atoms with Gasteiger partial charge in [0, 0.05) is 13.6 Å². The summed E-state index contributed by atoms with van der Waals surface area (Å²) in [4.78, 5) is 14.3. The molecule has 0 saturated heterocycles. The topological polar surface area (TPSA) is 44.1 Å². The number of nitrogens with zero attached hydrogens (tertiary/aromatic N) is 2. The minimum Gasteiger partial charge on any atom is -0.341 e. The van der Waals surface area contributed by atoms with E-state index in [-0.39, 0.29) is 11.8 Å². The van der Waals surface area contributed by atoms with Crippen molar-refractivity contribution in [2.24, 2.45) is 0 Å². The molecule has 0 N–H and O–H groups in total. The maximum absolute atomic E-state index is 12.5. The quantitative estimate of drug-likeness (QED) is 0.865. The van der Waals surface area contributed by atoms with Crippen LogP contribution >= 0.6 is 0 Å². The molecule has 104 valence electrons.